The molecule has 0 saturated carbocycles. The second-order valence-corrected chi connectivity index (χ2v) is 6.16. The molecule has 3 aromatic rings. The predicted molar refractivity (Wildman–Crippen MR) is 90.2 cm³/mol. The summed E-state index contributed by atoms with van der Waals surface area (Å²) in [4.78, 5) is 12.5. The number of carbonyl (C=O) groups is 1. The lowest BCUT2D eigenvalue weighted by atomic mass is 10.1. The molecule has 21 heavy (non-hydrogen) atoms. The second-order valence-electron chi connectivity index (χ2n) is 4.93. The summed E-state index contributed by atoms with van der Waals surface area (Å²) in [5, 5.41) is 1.76. The number of hydrogen-bond donors (Lipinski definition) is 0. The van der Waals surface area contributed by atoms with Crippen LogP contribution in [0.15, 0.2) is 53.0 Å². The Hall–Kier alpha value is -1.58. The Bertz CT molecular complexity index is 821. The van der Waals surface area contributed by atoms with E-state index in [4.69, 9.17) is 11.6 Å². The fraction of sp³-hybridized carbons (Fsp3) is 0.118. The molecule has 2 aromatic carbocycles. The quantitative estimate of drug-likeness (QED) is 0.583. The number of ketones is 1. The molecule has 0 aliphatic heterocycles. The zero-order valence-corrected chi connectivity index (χ0v) is 13.8. The van der Waals surface area contributed by atoms with Gasteiger partial charge >= 0.3 is 0 Å². The van der Waals surface area contributed by atoms with E-state index in [-0.39, 0.29) is 5.78 Å². The predicted octanol–water partition coefficient (Wildman–Crippen LogP) is 5.25. The maximum absolute atomic E-state index is 12.5. The smallest absolute Gasteiger partial charge is 0.182 e. The summed E-state index contributed by atoms with van der Waals surface area (Å²) in [6.07, 6.45) is 0. The SMILES string of the molecule is Cc1c(Br)c2ccccc2n1CC(=O)c1ccc(Cl)cc1. The largest absolute Gasteiger partial charge is 0.336 e. The highest BCUT2D eigenvalue weighted by atomic mass is 79.9. The zero-order chi connectivity index (χ0) is 15.0. The Labute approximate surface area is 136 Å². The average molecular weight is 363 g/mol. The van der Waals surface area contributed by atoms with E-state index in [1.807, 2.05) is 29.7 Å². The fourth-order valence-electron chi connectivity index (χ4n) is 2.46. The van der Waals surface area contributed by atoms with E-state index in [0.29, 0.717) is 17.1 Å². The summed E-state index contributed by atoms with van der Waals surface area (Å²) < 4.78 is 3.08. The van der Waals surface area contributed by atoms with Crippen LogP contribution >= 0.6 is 27.5 Å². The summed E-state index contributed by atoms with van der Waals surface area (Å²) in [5.74, 6) is 0.0722. The lowest BCUT2D eigenvalue weighted by molar-refractivity contribution is 0.0973. The third kappa shape index (κ3) is 2.63. The van der Waals surface area contributed by atoms with Gasteiger partial charge in [-0.2, -0.15) is 0 Å². The molecule has 0 N–H and O–H groups in total. The third-order valence-corrected chi connectivity index (χ3v) is 4.87. The van der Waals surface area contributed by atoms with Gasteiger partial charge in [0.2, 0.25) is 0 Å². The Kier molecular flexibility index (Phi) is 3.87. The summed E-state index contributed by atoms with van der Waals surface area (Å²) in [6, 6.07) is 15.1. The molecule has 0 fully saturated rings. The van der Waals surface area contributed by atoms with Crippen LogP contribution < -0.4 is 0 Å². The Balaban J connectivity index is 2.00. The van der Waals surface area contributed by atoms with Crippen molar-refractivity contribution in [1.82, 2.24) is 4.57 Å². The molecule has 3 rings (SSSR count). The molecule has 0 aliphatic rings. The lowest BCUT2D eigenvalue weighted by Crippen LogP contribution is -2.11. The molecule has 1 aromatic heterocycles. The van der Waals surface area contributed by atoms with Crippen LogP contribution in [0, 0.1) is 6.92 Å². The molecule has 0 atom stereocenters. The van der Waals surface area contributed by atoms with Gasteiger partial charge < -0.3 is 4.57 Å². The van der Waals surface area contributed by atoms with Gasteiger partial charge in [-0.05, 0) is 53.2 Å². The van der Waals surface area contributed by atoms with Gasteiger partial charge in [0.25, 0.3) is 0 Å². The van der Waals surface area contributed by atoms with Crippen molar-refractivity contribution in [3.8, 4) is 0 Å². The molecule has 1 heterocycles. The van der Waals surface area contributed by atoms with Gasteiger partial charge in [0.05, 0.1) is 6.54 Å². The van der Waals surface area contributed by atoms with Crippen LogP contribution in [-0.4, -0.2) is 10.4 Å². The molecule has 0 radical (unpaired) electrons. The highest BCUT2D eigenvalue weighted by Gasteiger charge is 2.15. The number of benzene rings is 2. The van der Waals surface area contributed by atoms with Gasteiger partial charge in [-0.15, -0.1) is 0 Å². The summed E-state index contributed by atoms with van der Waals surface area (Å²) in [6.45, 7) is 2.33. The number of Topliss-reactive ketones (excluding diaryl/α,β-unsaturated/α-hetero) is 1. The first kappa shape index (κ1) is 14.4. The van der Waals surface area contributed by atoms with Crippen molar-refractivity contribution in [2.24, 2.45) is 0 Å². The van der Waals surface area contributed by atoms with Gasteiger partial charge in [0.15, 0.2) is 5.78 Å². The van der Waals surface area contributed by atoms with Crippen molar-refractivity contribution in [3.05, 3.63) is 69.3 Å². The van der Waals surface area contributed by atoms with Crippen molar-refractivity contribution >= 4 is 44.2 Å². The highest BCUT2D eigenvalue weighted by molar-refractivity contribution is 9.10. The molecule has 0 spiro atoms. The van der Waals surface area contributed by atoms with Crippen molar-refractivity contribution in [3.63, 3.8) is 0 Å². The minimum absolute atomic E-state index is 0.0722. The minimum atomic E-state index is 0.0722. The van der Waals surface area contributed by atoms with E-state index >= 15 is 0 Å². The molecule has 0 saturated heterocycles. The average Bonchev–Trinajstić information content (AvgIpc) is 2.73. The van der Waals surface area contributed by atoms with Gasteiger partial charge in [-0.3, -0.25) is 4.79 Å². The van der Waals surface area contributed by atoms with Gasteiger partial charge in [0, 0.05) is 31.7 Å². The van der Waals surface area contributed by atoms with Crippen LogP contribution in [-0.2, 0) is 6.54 Å². The first-order valence-corrected chi connectivity index (χ1v) is 7.77. The Morgan fingerprint density at radius 2 is 1.81 bits per heavy atom. The molecular formula is C17H13BrClNO. The number of carbonyl (C=O) groups excluding carboxylic acids is 1. The number of hydrogen-bond acceptors (Lipinski definition) is 1. The Morgan fingerprint density at radius 1 is 1.14 bits per heavy atom. The van der Waals surface area contributed by atoms with E-state index in [2.05, 4.69) is 22.0 Å². The van der Waals surface area contributed by atoms with E-state index in [0.717, 1.165) is 21.1 Å². The molecule has 0 bridgehead atoms. The van der Waals surface area contributed by atoms with E-state index < -0.39 is 0 Å². The lowest BCUT2D eigenvalue weighted by Gasteiger charge is -2.08. The van der Waals surface area contributed by atoms with Crippen molar-refractivity contribution in [2.45, 2.75) is 13.5 Å². The first-order chi connectivity index (χ1) is 10.1. The van der Waals surface area contributed by atoms with Gasteiger partial charge in [-0.1, -0.05) is 29.8 Å². The van der Waals surface area contributed by atoms with Crippen LogP contribution in [0.2, 0.25) is 5.02 Å². The number of aromatic nitrogens is 1. The fourth-order valence-corrected chi connectivity index (χ4v) is 3.14. The van der Waals surface area contributed by atoms with E-state index in [9.17, 15) is 4.79 Å². The molecule has 0 aliphatic carbocycles. The normalized spacial score (nSPS) is 11.0. The van der Waals surface area contributed by atoms with Crippen LogP contribution in [0.3, 0.4) is 0 Å². The van der Waals surface area contributed by atoms with Crippen LogP contribution in [0.4, 0.5) is 0 Å². The number of rotatable bonds is 3. The monoisotopic (exact) mass is 361 g/mol. The zero-order valence-electron chi connectivity index (χ0n) is 11.4. The standard InChI is InChI=1S/C17H13BrClNO/c1-11-17(18)14-4-2-3-5-15(14)20(11)10-16(21)12-6-8-13(19)9-7-12/h2-9H,10H2,1H3. The van der Waals surface area contributed by atoms with Crippen molar-refractivity contribution in [2.75, 3.05) is 0 Å². The van der Waals surface area contributed by atoms with Gasteiger partial charge in [0.1, 0.15) is 0 Å². The van der Waals surface area contributed by atoms with Crippen LogP contribution in [0.25, 0.3) is 10.9 Å². The molecule has 2 nitrogen and oxygen atoms in total. The Morgan fingerprint density at radius 3 is 2.52 bits per heavy atom. The summed E-state index contributed by atoms with van der Waals surface area (Å²) in [5.41, 5.74) is 2.79. The molecular weight excluding hydrogens is 350 g/mol. The molecule has 0 amide bonds. The van der Waals surface area contributed by atoms with E-state index in [1.54, 1.807) is 24.3 Å². The van der Waals surface area contributed by atoms with Crippen LogP contribution in [0.5, 0.6) is 0 Å². The number of nitrogens with zero attached hydrogens (tertiary/aromatic N) is 1. The minimum Gasteiger partial charge on any atom is -0.336 e. The van der Waals surface area contributed by atoms with E-state index in [1.165, 1.54) is 0 Å². The third-order valence-electron chi connectivity index (χ3n) is 3.62. The maximum atomic E-state index is 12.5. The second kappa shape index (κ2) is 5.66. The summed E-state index contributed by atoms with van der Waals surface area (Å²) >= 11 is 9.47. The van der Waals surface area contributed by atoms with Crippen LogP contribution in [0.1, 0.15) is 16.1 Å². The molecule has 0 unspecified atom stereocenters. The summed E-state index contributed by atoms with van der Waals surface area (Å²) in [7, 11) is 0. The highest BCUT2D eigenvalue weighted by Crippen LogP contribution is 2.30. The topological polar surface area (TPSA) is 22.0 Å². The first-order valence-electron chi connectivity index (χ1n) is 6.60. The molecule has 4 heteroatoms. The molecule has 106 valence electrons. The number of fused-ring (bicyclic) bond motifs is 1. The van der Waals surface area contributed by atoms with Crippen molar-refractivity contribution < 1.29 is 4.79 Å². The number of halogens is 2. The van der Waals surface area contributed by atoms with Crippen molar-refractivity contribution in [1.29, 1.82) is 0 Å². The number of para-hydroxylation sites is 1. The van der Waals surface area contributed by atoms with Gasteiger partial charge in [-0.25, -0.2) is 0 Å². The maximum Gasteiger partial charge on any atom is 0.182 e.